The van der Waals surface area contributed by atoms with E-state index >= 15 is 0 Å². The molecular formula is C18H28N6O2. The molecule has 142 valence electrons. The van der Waals surface area contributed by atoms with E-state index in [0.717, 1.165) is 31.7 Å². The normalized spacial score (nSPS) is 16.4. The van der Waals surface area contributed by atoms with E-state index in [9.17, 15) is 0 Å². The van der Waals surface area contributed by atoms with E-state index < -0.39 is 0 Å². The Labute approximate surface area is 154 Å². The van der Waals surface area contributed by atoms with Gasteiger partial charge in [-0.1, -0.05) is 12.8 Å². The van der Waals surface area contributed by atoms with Gasteiger partial charge in [-0.2, -0.15) is 15.0 Å². The largest absolute Gasteiger partial charge is 0.468 e. The molecule has 0 saturated carbocycles. The molecule has 1 fully saturated rings. The number of nitrogens with zero attached hydrogens (tertiary/aromatic N) is 5. The van der Waals surface area contributed by atoms with Crippen LogP contribution in [0.3, 0.4) is 0 Å². The molecule has 0 spiro atoms. The molecule has 8 heteroatoms. The summed E-state index contributed by atoms with van der Waals surface area (Å²) in [5.41, 5.74) is 0. The minimum Gasteiger partial charge on any atom is -0.468 e. The summed E-state index contributed by atoms with van der Waals surface area (Å²) >= 11 is 0. The molecule has 1 aliphatic heterocycles. The Morgan fingerprint density at radius 2 is 1.96 bits per heavy atom. The number of methoxy groups -OCH3 is 1. The highest BCUT2D eigenvalue weighted by Gasteiger charge is 2.19. The van der Waals surface area contributed by atoms with Gasteiger partial charge in [0.05, 0.1) is 19.4 Å². The number of anilines is 2. The highest BCUT2D eigenvalue weighted by Crippen LogP contribution is 2.21. The van der Waals surface area contributed by atoms with Gasteiger partial charge in [-0.15, -0.1) is 0 Å². The molecule has 0 aliphatic carbocycles. The van der Waals surface area contributed by atoms with Crippen molar-refractivity contribution in [3.05, 3.63) is 24.2 Å². The summed E-state index contributed by atoms with van der Waals surface area (Å²) in [5, 5.41) is 3.31. The van der Waals surface area contributed by atoms with Crippen LogP contribution >= 0.6 is 0 Å². The van der Waals surface area contributed by atoms with Crippen molar-refractivity contribution in [2.45, 2.75) is 31.7 Å². The van der Waals surface area contributed by atoms with Gasteiger partial charge in [0.25, 0.3) is 0 Å². The zero-order valence-corrected chi connectivity index (χ0v) is 15.8. The van der Waals surface area contributed by atoms with Crippen LogP contribution in [0.4, 0.5) is 11.9 Å². The average molecular weight is 360 g/mol. The maximum absolute atomic E-state index is 5.56. The lowest BCUT2D eigenvalue weighted by atomic mass is 10.2. The molecule has 1 unspecified atom stereocenters. The van der Waals surface area contributed by atoms with Crippen molar-refractivity contribution < 1.29 is 9.15 Å². The van der Waals surface area contributed by atoms with E-state index in [1.807, 2.05) is 26.2 Å². The highest BCUT2D eigenvalue weighted by molar-refractivity contribution is 5.38. The van der Waals surface area contributed by atoms with Gasteiger partial charge in [0.1, 0.15) is 5.76 Å². The van der Waals surface area contributed by atoms with Gasteiger partial charge in [0.2, 0.25) is 11.9 Å². The summed E-state index contributed by atoms with van der Waals surface area (Å²) in [6.07, 6.45) is 6.54. The zero-order valence-electron chi connectivity index (χ0n) is 15.8. The molecule has 8 nitrogen and oxygen atoms in total. The van der Waals surface area contributed by atoms with E-state index in [2.05, 4.69) is 30.1 Å². The fraction of sp³-hybridized carbons (Fsp3) is 0.611. The molecule has 3 rings (SSSR count). The Morgan fingerprint density at radius 3 is 2.58 bits per heavy atom. The smallest absolute Gasteiger partial charge is 0.322 e. The van der Waals surface area contributed by atoms with E-state index in [1.165, 1.54) is 12.8 Å². The van der Waals surface area contributed by atoms with Gasteiger partial charge in [-0.25, -0.2) is 0 Å². The van der Waals surface area contributed by atoms with Crippen LogP contribution in [0.5, 0.6) is 6.01 Å². The van der Waals surface area contributed by atoms with Crippen LogP contribution in [-0.4, -0.2) is 60.7 Å². The van der Waals surface area contributed by atoms with Gasteiger partial charge < -0.3 is 19.4 Å². The van der Waals surface area contributed by atoms with E-state index in [0.29, 0.717) is 24.5 Å². The quantitative estimate of drug-likeness (QED) is 0.807. The van der Waals surface area contributed by atoms with E-state index in [-0.39, 0.29) is 6.04 Å². The Morgan fingerprint density at radius 1 is 1.19 bits per heavy atom. The molecule has 1 saturated heterocycles. The number of hydrogen-bond acceptors (Lipinski definition) is 8. The molecule has 3 heterocycles. The lowest BCUT2D eigenvalue weighted by Crippen LogP contribution is -2.29. The van der Waals surface area contributed by atoms with Crippen molar-refractivity contribution in [2.24, 2.45) is 0 Å². The third kappa shape index (κ3) is 4.63. The Balaban J connectivity index is 1.75. The molecule has 26 heavy (non-hydrogen) atoms. The maximum atomic E-state index is 5.56. The van der Waals surface area contributed by atoms with Crippen molar-refractivity contribution in [3.8, 4) is 6.01 Å². The molecule has 1 aliphatic rings. The summed E-state index contributed by atoms with van der Waals surface area (Å²) in [6, 6.07) is 4.29. The highest BCUT2D eigenvalue weighted by atomic mass is 16.5. The minimum absolute atomic E-state index is 0.0781. The van der Waals surface area contributed by atoms with Crippen LogP contribution in [0.15, 0.2) is 22.8 Å². The number of hydrogen-bond donors (Lipinski definition) is 1. The number of nitrogens with one attached hydrogen (secondary N) is 1. The fourth-order valence-corrected chi connectivity index (χ4v) is 3.13. The predicted molar refractivity (Wildman–Crippen MR) is 101 cm³/mol. The lowest BCUT2D eigenvalue weighted by molar-refractivity contribution is 0.269. The molecule has 2 aromatic heterocycles. The van der Waals surface area contributed by atoms with Crippen LogP contribution in [0.25, 0.3) is 0 Å². The first-order valence-electron chi connectivity index (χ1n) is 9.16. The number of rotatable bonds is 7. The molecule has 0 radical (unpaired) electrons. The second-order valence-electron chi connectivity index (χ2n) is 6.72. The standard InChI is InChI=1S/C18H28N6O2/c1-23(2)14(15-9-8-12-26-15)13-19-16-20-17(22-18(21-16)25-3)24-10-6-4-5-7-11-24/h8-9,12,14H,4-7,10-11,13H2,1-3H3,(H,19,20,21,22). The number of furan rings is 1. The minimum atomic E-state index is 0.0781. The topological polar surface area (TPSA) is 79.5 Å². The first kappa shape index (κ1) is 18.4. The number of likely N-dealkylation sites (N-methyl/N-ethyl adjacent to an activating group) is 1. The van der Waals surface area contributed by atoms with E-state index in [1.54, 1.807) is 13.4 Å². The Hall–Kier alpha value is -2.35. The number of aromatic nitrogens is 3. The summed E-state index contributed by atoms with van der Waals surface area (Å²) in [7, 11) is 5.62. The summed E-state index contributed by atoms with van der Waals surface area (Å²) in [4.78, 5) is 17.7. The Bertz CT molecular complexity index is 668. The SMILES string of the molecule is COc1nc(NCC(c2ccco2)N(C)C)nc(N2CCCCCC2)n1. The Kier molecular flexibility index (Phi) is 6.27. The van der Waals surface area contributed by atoms with Crippen LogP contribution in [0.2, 0.25) is 0 Å². The first-order valence-corrected chi connectivity index (χ1v) is 9.16. The summed E-state index contributed by atoms with van der Waals surface area (Å²) < 4.78 is 10.8. The van der Waals surface area contributed by atoms with Gasteiger partial charge in [-0.05, 0) is 39.1 Å². The molecule has 1 atom stereocenters. The molecule has 1 N–H and O–H groups in total. The molecule has 0 aromatic carbocycles. The summed E-state index contributed by atoms with van der Waals surface area (Å²) in [6.45, 7) is 2.56. The second-order valence-corrected chi connectivity index (χ2v) is 6.72. The van der Waals surface area contributed by atoms with Crippen LogP contribution < -0.4 is 15.0 Å². The molecular weight excluding hydrogens is 332 g/mol. The summed E-state index contributed by atoms with van der Waals surface area (Å²) in [5.74, 6) is 2.10. The van der Waals surface area contributed by atoms with Crippen molar-refractivity contribution in [1.29, 1.82) is 0 Å². The maximum Gasteiger partial charge on any atom is 0.322 e. The second kappa shape index (κ2) is 8.84. The van der Waals surface area contributed by atoms with Gasteiger partial charge in [0, 0.05) is 19.6 Å². The van der Waals surface area contributed by atoms with Gasteiger partial charge >= 0.3 is 6.01 Å². The third-order valence-electron chi connectivity index (χ3n) is 4.62. The van der Waals surface area contributed by atoms with Gasteiger partial charge in [0.15, 0.2) is 0 Å². The molecule has 0 amide bonds. The predicted octanol–water partition coefficient (Wildman–Crippen LogP) is 2.57. The number of ether oxygens (including phenoxy) is 1. The zero-order chi connectivity index (χ0) is 18.4. The first-order chi connectivity index (χ1) is 12.7. The van der Waals surface area contributed by atoms with Crippen molar-refractivity contribution in [3.63, 3.8) is 0 Å². The van der Waals surface area contributed by atoms with E-state index in [4.69, 9.17) is 9.15 Å². The van der Waals surface area contributed by atoms with Crippen LogP contribution in [-0.2, 0) is 0 Å². The fourth-order valence-electron chi connectivity index (χ4n) is 3.13. The third-order valence-corrected chi connectivity index (χ3v) is 4.62. The van der Waals surface area contributed by atoms with Crippen LogP contribution in [0.1, 0.15) is 37.5 Å². The molecule has 0 bridgehead atoms. The van der Waals surface area contributed by atoms with Gasteiger partial charge in [-0.3, -0.25) is 4.90 Å². The van der Waals surface area contributed by atoms with Crippen molar-refractivity contribution in [2.75, 3.05) is 51.1 Å². The molecule has 2 aromatic rings. The van der Waals surface area contributed by atoms with Crippen LogP contribution in [0, 0.1) is 0 Å². The lowest BCUT2D eigenvalue weighted by Gasteiger charge is -2.23. The monoisotopic (exact) mass is 360 g/mol. The average Bonchev–Trinajstić information content (AvgIpc) is 3.02. The van der Waals surface area contributed by atoms with Crippen molar-refractivity contribution >= 4 is 11.9 Å². The van der Waals surface area contributed by atoms with Crippen molar-refractivity contribution in [1.82, 2.24) is 19.9 Å².